The van der Waals surface area contributed by atoms with Gasteiger partial charge < -0.3 is 9.26 Å². The number of carbonyl (C=O) groups excluding carboxylic acids is 1. The van der Waals surface area contributed by atoms with Gasteiger partial charge in [-0.3, -0.25) is 4.79 Å². The topological polar surface area (TPSA) is 78.1 Å². The Bertz CT molecular complexity index is 759. The zero-order valence-electron chi connectivity index (χ0n) is 12.2. The highest BCUT2D eigenvalue weighted by Crippen LogP contribution is 2.25. The van der Waals surface area contributed by atoms with Crippen molar-refractivity contribution >= 4 is 29.1 Å². The van der Waals surface area contributed by atoms with Crippen molar-refractivity contribution in [2.75, 3.05) is 0 Å². The average Bonchev–Trinajstić information content (AvgIpc) is 3.25. The number of ether oxygens (including phenoxy) is 1. The summed E-state index contributed by atoms with van der Waals surface area (Å²) in [6.07, 6.45) is 0. The van der Waals surface area contributed by atoms with Crippen LogP contribution in [0, 0.1) is 0 Å². The first kappa shape index (κ1) is 15.7. The Morgan fingerprint density at radius 2 is 2.22 bits per heavy atom. The fourth-order valence-corrected chi connectivity index (χ4v) is 3.42. The van der Waals surface area contributed by atoms with E-state index in [1.807, 2.05) is 30.3 Å². The Morgan fingerprint density at radius 3 is 2.96 bits per heavy atom. The Morgan fingerprint density at radius 1 is 1.39 bits per heavy atom. The van der Waals surface area contributed by atoms with E-state index in [9.17, 15) is 4.79 Å². The number of benzene rings is 1. The SMILES string of the molecule is C[C@H](Sc1nncs1)C(=O)OCc1cc(-c2ccccc2)on1. The number of esters is 1. The number of hydrogen-bond donors (Lipinski definition) is 0. The Hall–Kier alpha value is -2.19. The van der Waals surface area contributed by atoms with Gasteiger partial charge in [0.2, 0.25) is 0 Å². The maximum atomic E-state index is 12.0. The Labute approximate surface area is 140 Å². The minimum absolute atomic E-state index is 0.0795. The third-order valence-electron chi connectivity index (χ3n) is 2.93. The molecule has 6 nitrogen and oxygen atoms in total. The monoisotopic (exact) mass is 347 g/mol. The van der Waals surface area contributed by atoms with Crippen molar-refractivity contribution in [3.05, 3.63) is 47.6 Å². The largest absolute Gasteiger partial charge is 0.458 e. The van der Waals surface area contributed by atoms with Crippen molar-refractivity contribution in [2.45, 2.75) is 23.1 Å². The zero-order valence-corrected chi connectivity index (χ0v) is 13.8. The number of aromatic nitrogens is 3. The van der Waals surface area contributed by atoms with Crippen LogP contribution < -0.4 is 0 Å². The first-order chi connectivity index (χ1) is 11.2. The molecular weight excluding hydrogens is 334 g/mol. The molecule has 2 aromatic heterocycles. The summed E-state index contributed by atoms with van der Waals surface area (Å²) in [5, 5.41) is 11.2. The lowest BCUT2D eigenvalue weighted by Crippen LogP contribution is -2.16. The molecule has 0 radical (unpaired) electrons. The number of thioether (sulfide) groups is 1. The molecule has 8 heteroatoms. The molecule has 0 N–H and O–H groups in total. The third kappa shape index (κ3) is 4.17. The Kier molecular flexibility index (Phi) is 5.04. The highest BCUT2D eigenvalue weighted by molar-refractivity contribution is 8.02. The van der Waals surface area contributed by atoms with Crippen LogP contribution in [0.4, 0.5) is 0 Å². The molecule has 0 amide bonds. The second-order valence-corrected chi connectivity index (χ2v) is 7.04. The quantitative estimate of drug-likeness (QED) is 0.499. The third-order valence-corrected chi connectivity index (χ3v) is 4.82. The normalized spacial score (nSPS) is 12.0. The Balaban J connectivity index is 1.54. The van der Waals surface area contributed by atoms with E-state index in [0.717, 1.165) is 9.90 Å². The second-order valence-electron chi connectivity index (χ2n) is 4.62. The molecule has 0 aliphatic carbocycles. The van der Waals surface area contributed by atoms with Gasteiger partial charge in [-0.1, -0.05) is 58.6 Å². The maximum absolute atomic E-state index is 12.0. The number of hydrogen-bond acceptors (Lipinski definition) is 8. The van der Waals surface area contributed by atoms with Crippen molar-refractivity contribution in [2.24, 2.45) is 0 Å². The van der Waals surface area contributed by atoms with E-state index in [0.29, 0.717) is 11.5 Å². The van der Waals surface area contributed by atoms with E-state index in [4.69, 9.17) is 9.26 Å². The van der Waals surface area contributed by atoms with Crippen LogP contribution in [0.25, 0.3) is 11.3 Å². The highest BCUT2D eigenvalue weighted by atomic mass is 32.2. The molecule has 3 rings (SSSR count). The highest BCUT2D eigenvalue weighted by Gasteiger charge is 2.18. The van der Waals surface area contributed by atoms with Gasteiger partial charge in [-0.05, 0) is 6.92 Å². The summed E-state index contributed by atoms with van der Waals surface area (Å²) < 4.78 is 11.3. The molecule has 3 aromatic rings. The summed E-state index contributed by atoms with van der Waals surface area (Å²) in [6, 6.07) is 11.4. The van der Waals surface area contributed by atoms with Crippen LogP contribution in [-0.4, -0.2) is 26.6 Å². The molecule has 0 aliphatic heterocycles. The van der Waals surface area contributed by atoms with Gasteiger partial charge in [-0.25, -0.2) is 0 Å². The summed E-state index contributed by atoms with van der Waals surface area (Å²) in [5.41, 5.74) is 3.13. The molecule has 0 fully saturated rings. The predicted molar refractivity (Wildman–Crippen MR) is 87.0 cm³/mol. The van der Waals surface area contributed by atoms with Crippen LogP contribution >= 0.6 is 23.1 Å². The van der Waals surface area contributed by atoms with Gasteiger partial charge in [-0.15, -0.1) is 10.2 Å². The summed E-state index contributed by atoms with van der Waals surface area (Å²) >= 11 is 2.71. The van der Waals surface area contributed by atoms with Gasteiger partial charge in [0.05, 0.1) is 0 Å². The molecule has 23 heavy (non-hydrogen) atoms. The molecule has 1 atom stereocenters. The molecule has 0 bridgehead atoms. The minimum Gasteiger partial charge on any atom is -0.458 e. The van der Waals surface area contributed by atoms with Crippen LogP contribution in [0.15, 0.2) is 50.8 Å². The van der Waals surface area contributed by atoms with E-state index < -0.39 is 0 Å². The second kappa shape index (κ2) is 7.38. The first-order valence-electron chi connectivity index (χ1n) is 6.83. The van der Waals surface area contributed by atoms with Crippen LogP contribution in [0.5, 0.6) is 0 Å². The summed E-state index contributed by atoms with van der Waals surface area (Å²) in [7, 11) is 0. The fourth-order valence-electron chi connectivity index (χ4n) is 1.79. The number of nitrogens with zero attached hydrogens (tertiary/aromatic N) is 3. The molecule has 0 aliphatic rings. The zero-order chi connectivity index (χ0) is 16.1. The van der Waals surface area contributed by atoms with Gasteiger partial charge in [0.25, 0.3) is 0 Å². The maximum Gasteiger partial charge on any atom is 0.319 e. The summed E-state index contributed by atoms with van der Waals surface area (Å²) in [5.74, 6) is 0.322. The molecule has 0 saturated heterocycles. The lowest BCUT2D eigenvalue weighted by molar-refractivity contribution is -0.144. The van der Waals surface area contributed by atoms with E-state index in [1.165, 1.54) is 23.1 Å². The van der Waals surface area contributed by atoms with Crippen LogP contribution in [0.1, 0.15) is 12.6 Å². The van der Waals surface area contributed by atoms with E-state index in [-0.39, 0.29) is 17.8 Å². The summed E-state index contributed by atoms with van der Waals surface area (Å²) in [6.45, 7) is 1.85. The molecule has 118 valence electrons. The van der Waals surface area contributed by atoms with Crippen molar-refractivity contribution in [1.82, 2.24) is 15.4 Å². The van der Waals surface area contributed by atoms with Gasteiger partial charge in [0, 0.05) is 11.6 Å². The molecule has 0 spiro atoms. The molecule has 0 unspecified atom stereocenters. The van der Waals surface area contributed by atoms with E-state index in [1.54, 1.807) is 18.5 Å². The van der Waals surface area contributed by atoms with Crippen LogP contribution in [0.2, 0.25) is 0 Å². The van der Waals surface area contributed by atoms with Gasteiger partial charge >= 0.3 is 5.97 Å². The molecule has 2 heterocycles. The van der Waals surface area contributed by atoms with E-state index >= 15 is 0 Å². The first-order valence-corrected chi connectivity index (χ1v) is 8.59. The smallest absolute Gasteiger partial charge is 0.319 e. The number of carbonyl (C=O) groups is 1. The molecule has 0 saturated carbocycles. The molecule has 1 aromatic carbocycles. The fraction of sp³-hybridized carbons (Fsp3) is 0.200. The van der Waals surface area contributed by atoms with Gasteiger partial charge in [-0.2, -0.15) is 0 Å². The summed E-state index contributed by atoms with van der Waals surface area (Å²) in [4.78, 5) is 12.0. The van der Waals surface area contributed by atoms with Crippen LogP contribution in [0.3, 0.4) is 0 Å². The predicted octanol–water partition coefficient (Wildman–Crippen LogP) is 3.42. The van der Waals surface area contributed by atoms with Crippen LogP contribution in [-0.2, 0) is 16.1 Å². The molecular formula is C15H13N3O3S2. The van der Waals surface area contributed by atoms with Crippen molar-refractivity contribution in [1.29, 1.82) is 0 Å². The standard InChI is InChI=1S/C15H13N3O3S2/c1-10(23-15-17-16-9-22-15)14(19)20-8-12-7-13(21-18-12)11-5-3-2-4-6-11/h2-7,9-10H,8H2,1H3/t10-/m0/s1. The van der Waals surface area contributed by atoms with Crippen molar-refractivity contribution < 1.29 is 14.1 Å². The van der Waals surface area contributed by atoms with Crippen molar-refractivity contribution in [3.8, 4) is 11.3 Å². The van der Waals surface area contributed by atoms with E-state index in [2.05, 4.69) is 15.4 Å². The van der Waals surface area contributed by atoms with Gasteiger partial charge in [0.1, 0.15) is 23.1 Å². The van der Waals surface area contributed by atoms with Crippen molar-refractivity contribution in [3.63, 3.8) is 0 Å². The minimum atomic E-state index is -0.358. The number of rotatable bonds is 6. The lowest BCUT2D eigenvalue weighted by atomic mass is 10.2. The lowest BCUT2D eigenvalue weighted by Gasteiger charge is -2.07. The van der Waals surface area contributed by atoms with Gasteiger partial charge in [0.15, 0.2) is 10.1 Å². The average molecular weight is 347 g/mol.